The molecule has 0 aliphatic heterocycles. The van der Waals surface area contributed by atoms with Gasteiger partial charge in [-0.15, -0.1) is 0 Å². The van der Waals surface area contributed by atoms with E-state index in [1.165, 1.54) is 6.92 Å². The van der Waals surface area contributed by atoms with E-state index in [4.69, 9.17) is 5.11 Å². The fourth-order valence-corrected chi connectivity index (χ4v) is 3.24. The van der Waals surface area contributed by atoms with Gasteiger partial charge in [0.05, 0.1) is 5.75 Å². The number of rotatable bonds is 7. The van der Waals surface area contributed by atoms with Gasteiger partial charge in [0.1, 0.15) is 15.9 Å². The van der Waals surface area contributed by atoms with Crippen LogP contribution in [0.3, 0.4) is 0 Å². The van der Waals surface area contributed by atoms with Gasteiger partial charge in [0.2, 0.25) is 5.91 Å². The summed E-state index contributed by atoms with van der Waals surface area (Å²) < 4.78 is 22.8. The highest BCUT2D eigenvalue weighted by Gasteiger charge is 2.27. The lowest BCUT2D eigenvalue weighted by Crippen LogP contribution is -2.45. The first-order chi connectivity index (χ1) is 9.35. The number of sulfone groups is 1. The summed E-state index contributed by atoms with van der Waals surface area (Å²) in [6, 6.07) is -1.12. The van der Waals surface area contributed by atoms with Crippen LogP contribution in [0.1, 0.15) is 45.4 Å². The van der Waals surface area contributed by atoms with E-state index in [0.29, 0.717) is 0 Å². The van der Waals surface area contributed by atoms with Crippen molar-refractivity contribution in [3.05, 3.63) is 0 Å². The van der Waals surface area contributed by atoms with Crippen LogP contribution in [0.4, 0.5) is 0 Å². The van der Waals surface area contributed by atoms with Crippen molar-refractivity contribution < 1.29 is 23.1 Å². The number of carboxylic acids is 1. The van der Waals surface area contributed by atoms with E-state index in [1.807, 2.05) is 0 Å². The van der Waals surface area contributed by atoms with E-state index in [2.05, 4.69) is 5.32 Å². The Kier molecular flexibility index (Phi) is 6.45. The van der Waals surface area contributed by atoms with Crippen LogP contribution in [-0.2, 0) is 19.4 Å². The minimum atomic E-state index is -3.22. The molecule has 20 heavy (non-hydrogen) atoms. The zero-order valence-corrected chi connectivity index (χ0v) is 12.6. The van der Waals surface area contributed by atoms with Crippen molar-refractivity contribution in [1.82, 2.24) is 5.32 Å². The molecule has 1 fully saturated rings. The zero-order chi connectivity index (χ0) is 15.2. The molecule has 1 unspecified atom stereocenters. The molecule has 0 spiro atoms. The van der Waals surface area contributed by atoms with Crippen molar-refractivity contribution in [3.63, 3.8) is 0 Å². The van der Waals surface area contributed by atoms with E-state index >= 15 is 0 Å². The van der Waals surface area contributed by atoms with Gasteiger partial charge >= 0.3 is 5.97 Å². The summed E-state index contributed by atoms with van der Waals surface area (Å²) in [7, 11) is -3.22. The lowest BCUT2D eigenvalue weighted by atomic mass is 9.88. The minimum Gasteiger partial charge on any atom is -0.480 e. The summed E-state index contributed by atoms with van der Waals surface area (Å²) >= 11 is 0. The highest BCUT2D eigenvalue weighted by molar-refractivity contribution is 7.91. The largest absolute Gasteiger partial charge is 0.480 e. The van der Waals surface area contributed by atoms with Crippen molar-refractivity contribution in [2.24, 2.45) is 5.92 Å². The Balaban J connectivity index is 2.54. The third-order valence-electron chi connectivity index (χ3n) is 3.75. The second-order valence-corrected chi connectivity index (χ2v) is 7.73. The number of hydrogen-bond donors (Lipinski definition) is 2. The monoisotopic (exact) mass is 305 g/mol. The number of hydrogen-bond acceptors (Lipinski definition) is 4. The molecule has 116 valence electrons. The first-order valence-corrected chi connectivity index (χ1v) is 8.91. The quantitative estimate of drug-likeness (QED) is 0.729. The molecule has 2 N–H and O–H groups in total. The fourth-order valence-electron chi connectivity index (χ4n) is 2.35. The summed E-state index contributed by atoms with van der Waals surface area (Å²) in [5.41, 5.74) is 0. The van der Waals surface area contributed by atoms with E-state index < -0.39 is 21.8 Å². The Bertz CT molecular complexity index is 440. The van der Waals surface area contributed by atoms with Gasteiger partial charge < -0.3 is 10.4 Å². The van der Waals surface area contributed by atoms with Gasteiger partial charge in [0.25, 0.3) is 0 Å². The number of nitrogens with one attached hydrogen (secondary N) is 1. The summed E-state index contributed by atoms with van der Waals surface area (Å²) in [4.78, 5) is 23.1. The summed E-state index contributed by atoms with van der Waals surface area (Å²) in [5, 5.41) is 11.6. The maximum atomic E-state index is 12.0. The van der Waals surface area contributed by atoms with Crippen LogP contribution in [0.25, 0.3) is 0 Å². The maximum Gasteiger partial charge on any atom is 0.326 e. The average Bonchev–Trinajstić information content (AvgIpc) is 2.43. The van der Waals surface area contributed by atoms with Gasteiger partial charge in [-0.05, 0) is 19.3 Å². The van der Waals surface area contributed by atoms with Gasteiger partial charge in [0.15, 0.2) is 0 Å². The average molecular weight is 305 g/mol. The van der Waals surface area contributed by atoms with E-state index in [-0.39, 0.29) is 29.8 Å². The summed E-state index contributed by atoms with van der Waals surface area (Å²) in [6.45, 7) is 1.52. The molecule has 1 saturated carbocycles. The Morgan fingerprint density at radius 1 is 1.25 bits per heavy atom. The first-order valence-electron chi connectivity index (χ1n) is 7.09. The van der Waals surface area contributed by atoms with Gasteiger partial charge in [-0.25, -0.2) is 13.2 Å². The van der Waals surface area contributed by atoms with Crippen LogP contribution in [0.15, 0.2) is 0 Å². The Hall–Kier alpha value is -1.11. The lowest BCUT2D eigenvalue weighted by Gasteiger charge is -2.23. The fraction of sp³-hybridized carbons (Fsp3) is 0.846. The molecule has 0 radical (unpaired) electrons. The molecule has 0 aromatic carbocycles. The normalized spacial score (nSPS) is 18.4. The molecule has 0 heterocycles. The van der Waals surface area contributed by atoms with Crippen LogP contribution < -0.4 is 5.32 Å². The predicted octanol–water partition coefficient (Wildman–Crippen LogP) is 0.961. The van der Waals surface area contributed by atoms with Crippen molar-refractivity contribution in [2.75, 3.05) is 11.5 Å². The van der Waals surface area contributed by atoms with Crippen LogP contribution >= 0.6 is 0 Å². The Morgan fingerprint density at radius 2 is 1.85 bits per heavy atom. The van der Waals surface area contributed by atoms with Gasteiger partial charge in [-0.3, -0.25) is 4.79 Å². The number of carbonyl (C=O) groups excluding carboxylic acids is 1. The molecule has 0 saturated heterocycles. The van der Waals surface area contributed by atoms with Crippen molar-refractivity contribution in [2.45, 2.75) is 51.5 Å². The highest BCUT2D eigenvalue weighted by atomic mass is 32.2. The maximum absolute atomic E-state index is 12.0. The smallest absolute Gasteiger partial charge is 0.326 e. The van der Waals surface area contributed by atoms with Crippen molar-refractivity contribution >= 4 is 21.7 Å². The van der Waals surface area contributed by atoms with Crippen molar-refractivity contribution in [3.8, 4) is 0 Å². The van der Waals surface area contributed by atoms with Gasteiger partial charge in [-0.2, -0.15) is 0 Å². The zero-order valence-electron chi connectivity index (χ0n) is 11.8. The SMILES string of the molecule is CCS(=O)(=O)CCC(NC(=O)C1CCCCC1)C(=O)O. The van der Waals surface area contributed by atoms with Crippen LogP contribution in [-0.4, -0.2) is 42.9 Å². The van der Waals surface area contributed by atoms with Gasteiger partial charge in [0, 0.05) is 11.7 Å². The number of aliphatic carboxylic acids is 1. The molecule has 0 aromatic heterocycles. The third-order valence-corrected chi connectivity index (χ3v) is 5.49. The minimum absolute atomic E-state index is 0.0179. The molecule has 1 aliphatic rings. The first kappa shape index (κ1) is 16.9. The number of amides is 1. The lowest BCUT2D eigenvalue weighted by molar-refractivity contribution is -0.142. The van der Waals surface area contributed by atoms with Crippen LogP contribution in [0.2, 0.25) is 0 Å². The molecule has 1 amide bonds. The molecule has 7 heteroatoms. The highest BCUT2D eigenvalue weighted by Crippen LogP contribution is 2.23. The second-order valence-electron chi connectivity index (χ2n) is 5.26. The van der Waals surface area contributed by atoms with E-state index in [9.17, 15) is 18.0 Å². The molecular weight excluding hydrogens is 282 g/mol. The van der Waals surface area contributed by atoms with Crippen LogP contribution in [0.5, 0.6) is 0 Å². The molecule has 1 rings (SSSR count). The number of carboxylic acid groups (broad SMARTS) is 1. The Labute approximate surface area is 119 Å². The van der Waals surface area contributed by atoms with Crippen LogP contribution in [0, 0.1) is 5.92 Å². The molecule has 0 aromatic rings. The standard InChI is InChI=1S/C13H23NO5S/c1-2-20(18,19)9-8-11(13(16)17)14-12(15)10-6-4-3-5-7-10/h10-11H,2-9H2,1H3,(H,14,15)(H,16,17). The predicted molar refractivity (Wildman–Crippen MR) is 75.1 cm³/mol. The third kappa shape index (κ3) is 5.48. The van der Waals surface area contributed by atoms with E-state index in [0.717, 1.165) is 32.1 Å². The number of carbonyl (C=O) groups is 2. The van der Waals surface area contributed by atoms with Crippen molar-refractivity contribution in [1.29, 1.82) is 0 Å². The summed E-state index contributed by atoms with van der Waals surface area (Å²) in [6.07, 6.45) is 4.57. The molecule has 1 aliphatic carbocycles. The molecule has 6 nitrogen and oxygen atoms in total. The molecular formula is C13H23NO5S. The molecule has 0 bridgehead atoms. The second kappa shape index (κ2) is 7.61. The Morgan fingerprint density at radius 3 is 2.35 bits per heavy atom. The molecule has 1 atom stereocenters. The van der Waals surface area contributed by atoms with Gasteiger partial charge in [-0.1, -0.05) is 26.2 Å². The topological polar surface area (TPSA) is 101 Å². The van der Waals surface area contributed by atoms with E-state index in [1.54, 1.807) is 0 Å². The summed E-state index contributed by atoms with van der Waals surface area (Å²) in [5.74, 6) is -1.80.